The number of hydrogen-bond donors (Lipinski definition) is 1. The van der Waals surface area contributed by atoms with Gasteiger partial charge >= 0.3 is 5.97 Å². The zero-order valence-electron chi connectivity index (χ0n) is 21.8. The molecule has 1 N–H and O–H groups in total. The van der Waals surface area contributed by atoms with Gasteiger partial charge in [-0.2, -0.15) is 0 Å². The maximum absolute atomic E-state index is 12.8. The van der Waals surface area contributed by atoms with E-state index in [0.717, 1.165) is 18.4 Å². The van der Waals surface area contributed by atoms with E-state index in [0.29, 0.717) is 30.6 Å². The predicted octanol–water partition coefficient (Wildman–Crippen LogP) is 5.78. The number of aliphatic hydroxyl groups is 1. The van der Waals surface area contributed by atoms with Gasteiger partial charge < -0.3 is 23.7 Å². The summed E-state index contributed by atoms with van der Waals surface area (Å²) in [5.41, 5.74) is 1.32. The van der Waals surface area contributed by atoms with Gasteiger partial charge in [-0.05, 0) is 61.9 Å². The van der Waals surface area contributed by atoms with Crippen molar-refractivity contribution in [2.24, 2.45) is 0 Å². The SMILES string of the molecule is C=CC[C@H](O)C[C@H]1CC(O[Si](C)(C)C(C)(C)C)C[C@H](Cc2cccc3c2C(=O)OC(C)(C)O3)O1. The standard InChI is InChI=1S/C27H42O6Si/c1-9-11-19(28)15-21-17-22(33-34(7,8)26(2,3)4)16-20(30-21)14-18-12-10-13-23-24(18)25(29)32-27(5,6)31-23/h9-10,12-13,19-22,28H,1,11,14-17H2,2-8H3/t19-,20-,21-,22?/m0/s1. The molecule has 0 spiro atoms. The number of hydrogen-bond acceptors (Lipinski definition) is 6. The topological polar surface area (TPSA) is 74.2 Å². The minimum absolute atomic E-state index is 0.0437. The van der Waals surface area contributed by atoms with Crippen molar-refractivity contribution in [2.75, 3.05) is 0 Å². The first kappa shape index (κ1) is 26.9. The molecule has 4 atom stereocenters. The average molecular weight is 491 g/mol. The van der Waals surface area contributed by atoms with E-state index in [1.165, 1.54) is 0 Å². The number of cyclic esters (lactones) is 1. The van der Waals surface area contributed by atoms with Gasteiger partial charge in [-0.15, -0.1) is 6.58 Å². The Bertz CT molecular complexity index is 888. The van der Waals surface area contributed by atoms with Crippen molar-refractivity contribution >= 4 is 14.3 Å². The van der Waals surface area contributed by atoms with E-state index in [1.54, 1.807) is 26.0 Å². The second-order valence-corrected chi connectivity index (χ2v) is 16.4. The van der Waals surface area contributed by atoms with Crippen LogP contribution in [0.4, 0.5) is 0 Å². The lowest BCUT2D eigenvalue weighted by Crippen LogP contribution is -2.48. The van der Waals surface area contributed by atoms with Crippen molar-refractivity contribution in [3.8, 4) is 5.75 Å². The Morgan fingerprint density at radius 3 is 2.56 bits per heavy atom. The molecule has 1 fully saturated rings. The molecule has 2 heterocycles. The number of benzene rings is 1. The van der Waals surface area contributed by atoms with Crippen molar-refractivity contribution in [3.05, 3.63) is 42.0 Å². The van der Waals surface area contributed by atoms with Crippen LogP contribution in [0.3, 0.4) is 0 Å². The molecule has 0 saturated carbocycles. The van der Waals surface area contributed by atoms with Crippen LogP contribution in [0, 0.1) is 0 Å². The molecule has 1 aromatic rings. The van der Waals surface area contributed by atoms with Crippen molar-refractivity contribution in [2.45, 2.75) is 115 Å². The summed E-state index contributed by atoms with van der Waals surface area (Å²) in [7, 11) is -1.98. The number of ether oxygens (including phenoxy) is 3. The van der Waals surface area contributed by atoms with Crippen LogP contribution in [0.15, 0.2) is 30.9 Å². The van der Waals surface area contributed by atoms with Gasteiger partial charge in [0.05, 0.1) is 18.3 Å². The highest BCUT2D eigenvalue weighted by Gasteiger charge is 2.42. The number of fused-ring (bicyclic) bond motifs is 1. The van der Waals surface area contributed by atoms with Crippen molar-refractivity contribution in [1.29, 1.82) is 0 Å². The maximum Gasteiger partial charge on any atom is 0.345 e. The van der Waals surface area contributed by atoms with E-state index in [9.17, 15) is 9.90 Å². The van der Waals surface area contributed by atoms with Crippen LogP contribution >= 0.6 is 0 Å². The quantitative estimate of drug-likeness (QED) is 0.283. The molecule has 2 aliphatic rings. The summed E-state index contributed by atoms with van der Waals surface area (Å²) in [6.07, 6.45) is 4.13. The van der Waals surface area contributed by atoms with Gasteiger partial charge in [-0.3, -0.25) is 0 Å². The first-order chi connectivity index (χ1) is 15.7. The fourth-order valence-corrected chi connectivity index (χ4v) is 5.88. The molecule has 6 nitrogen and oxygen atoms in total. The Morgan fingerprint density at radius 1 is 1.24 bits per heavy atom. The van der Waals surface area contributed by atoms with Crippen LogP contribution in [-0.4, -0.2) is 49.6 Å². The Balaban J connectivity index is 1.82. The minimum atomic E-state index is -1.98. The summed E-state index contributed by atoms with van der Waals surface area (Å²) in [6, 6.07) is 5.64. The largest absolute Gasteiger partial charge is 0.452 e. The van der Waals surface area contributed by atoms with E-state index in [4.69, 9.17) is 18.6 Å². The van der Waals surface area contributed by atoms with Gasteiger partial charge in [-0.1, -0.05) is 39.0 Å². The van der Waals surface area contributed by atoms with Crippen LogP contribution in [0.1, 0.15) is 76.2 Å². The lowest BCUT2D eigenvalue weighted by atomic mass is 9.92. The molecule has 1 aromatic carbocycles. The number of aliphatic hydroxyl groups excluding tert-OH is 1. The van der Waals surface area contributed by atoms with Crippen LogP contribution in [0.5, 0.6) is 5.75 Å². The summed E-state index contributed by atoms with van der Waals surface area (Å²) in [6.45, 7) is 18.4. The maximum atomic E-state index is 12.8. The van der Waals surface area contributed by atoms with Crippen LogP contribution in [0.25, 0.3) is 0 Å². The molecule has 1 unspecified atom stereocenters. The van der Waals surface area contributed by atoms with Crippen LogP contribution < -0.4 is 4.74 Å². The van der Waals surface area contributed by atoms with Crippen molar-refractivity contribution < 1.29 is 28.5 Å². The second-order valence-electron chi connectivity index (χ2n) is 11.7. The van der Waals surface area contributed by atoms with Crippen LogP contribution in [-0.2, 0) is 20.3 Å². The van der Waals surface area contributed by atoms with E-state index in [1.807, 2.05) is 12.1 Å². The third kappa shape index (κ3) is 6.50. The summed E-state index contributed by atoms with van der Waals surface area (Å²) in [5.74, 6) is -0.815. The molecule has 2 aliphatic heterocycles. The molecular weight excluding hydrogens is 448 g/mol. The zero-order chi connectivity index (χ0) is 25.3. The van der Waals surface area contributed by atoms with Gasteiger partial charge in [0, 0.05) is 20.0 Å². The number of carbonyl (C=O) groups excluding carboxylic acids is 1. The number of carbonyl (C=O) groups is 1. The highest BCUT2D eigenvalue weighted by Crippen LogP contribution is 2.40. The molecule has 7 heteroatoms. The molecule has 34 heavy (non-hydrogen) atoms. The van der Waals surface area contributed by atoms with Gasteiger partial charge in [0.15, 0.2) is 8.32 Å². The van der Waals surface area contributed by atoms with Gasteiger partial charge in [0.2, 0.25) is 5.79 Å². The van der Waals surface area contributed by atoms with E-state index in [2.05, 4.69) is 40.4 Å². The Morgan fingerprint density at radius 2 is 1.91 bits per heavy atom. The lowest BCUT2D eigenvalue weighted by molar-refractivity contribution is -0.127. The molecule has 1 saturated heterocycles. The summed E-state index contributed by atoms with van der Waals surface area (Å²) in [4.78, 5) is 12.8. The molecule has 0 radical (unpaired) electrons. The highest BCUT2D eigenvalue weighted by molar-refractivity contribution is 6.74. The Kier molecular flexibility index (Phi) is 8.02. The fourth-order valence-electron chi connectivity index (χ4n) is 4.50. The molecular formula is C27H42O6Si. The van der Waals surface area contributed by atoms with E-state index < -0.39 is 20.2 Å². The highest BCUT2D eigenvalue weighted by atomic mass is 28.4. The average Bonchev–Trinajstić information content (AvgIpc) is 2.65. The fraction of sp³-hybridized carbons (Fsp3) is 0.667. The van der Waals surface area contributed by atoms with Gasteiger partial charge in [0.1, 0.15) is 11.3 Å². The number of rotatable bonds is 8. The Labute approximate surface area is 205 Å². The third-order valence-corrected chi connectivity index (χ3v) is 11.7. The molecule has 0 bridgehead atoms. The zero-order valence-corrected chi connectivity index (χ0v) is 22.8. The summed E-state index contributed by atoms with van der Waals surface area (Å²) >= 11 is 0. The second kappa shape index (κ2) is 10.1. The van der Waals surface area contributed by atoms with E-state index >= 15 is 0 Å². The van der Waals surface area contributed by atoms with E-state index in [-0.39, 0.29) is 29.3 Å². The smallest absolute Gasteiger partial charge is 0.345 e. The summed E-state index contributed by atoms with van der Waals surface area (Å²) in [5, 5.41) is 10.5. The van der Waals surface area contributed by atoms with Crippen molar-refractivity contribution in [1.82, 2.24) is 0 Å². The summed E-state index contributed by atoms with van der Waals surface area (Å²) < 4.78 is 24.6. The lowest BCUT2D eigenvalue weighted by Gasteiger charge is -2.44. The van der Waals surface area contributed by atoms with Gasteiger partial charge in [-0.25, -0.2) is 4.79 Å². The normalized spacial score (nSPS) is 25.6. The molecule has 0 aliphatic carbocycles. The van der Waals surface area contributed by atoms with Crippen molar-refractivity contribution in [3.63, 3.8) is 0 Å². The molecule has 3 rings (SSSR count). The third-order valence-electron chi connectivity index (χ3n) is 7.14. The molecule has 0 amide bonds. The monoisotopic (exact) mass is 490 g/mol. The molecule has 190 valence electrons. The number of esters is 1. The molecule has 0 aromatic heterocycles. The predicted molar refractivity (Wildman–Crippen MR) is 136 cm³/mol. The minimum Gasteiger partial charge on any atom is -0.452 e. The van der Waals surface area contributed by atoms with Crippen LogP contribution in [0.2, 0.25) is 18.1 Å². The van der Waals surface area contributed by atoms with Gasteiger partial charge in [0.25, 0.3) is 0 Å². The first-order valence-electron chi connectivity index (χ1n) is 12.4. The Hall–Kier alpha value is -1.67. The first-order valence-corrected chi connectivity index (χ1v) is 15.3.